The highest BCUT2D eigenvalue weighted by molar-refractivity contribution is 5.95. The molecule has 55 heavy (non-hydrogen) atoms. The van der Waals surface area contributed by atoms with Crippen molar-refractivity contribution >= 4 is 5.57 Å². The van der Waals surface area contributed by atoms with Crippen molar-refractivity contribution in [3.63, 3.8) is 0 Å². The third-order valence-corrected chi connectivity index (χ3v) is 11.3. The molecule has 0 fully saturated rings. The number of allylic oxidation sites excluding steroid dienone is 4. The van der Waals surface area contributed by atoms with Crippen LogP contribution < -0.4 is 0 Å². The SMILES string of the molecule is C1=CC(c2ccccc2)CC=C1c1cc2c(cc1-c1cc(-c3ccccc3)nc(-c3ccccc3)n1)-c1ccccc1C2(c1ccccc1)c1ccccc1. The molecule has 1 heterocycles. The van der Waals surface area contributed by atoms with Crippen molar-refractivity contribution in [1.82, 2.24) is 9.97 Å². The Hall–Kier alpha value is -6.90. The van der Waals surface area contributed by atoms with Crippen LogP contribution in [0.3, 0.4) is 0 Å². The van der Waals surface area contributed by atoms with Crippen LogP contribution in [0, 0.1) is 0 Å². The van der Waals surface area contributed by atoms with Crippen molar-refractivity contribution in [2.75, 3.05) is 0 Å². The summed E-state index contributed by atoms with van der Waals surface area (Å²) in [5.74, 6) is 1.04. The highest BCUT2D eigenvalue weighted by Gasteiger charge is 2.46. The second kappa shape index (κ2) is 13.8. The summed E-state index contributed by atoms with van der Waals surface area (Å²) in [5, 5.41) is 0. The van der Waals surface area contributed by atoms with Gasteiger partial charge in [-0.05, 0) is 74.7 Å². The second-order valence-corrected chi connectivity index (χ2v) is 14.4. The van der Waals surface area contributed by atoms with Crippen molar-refractivity contribution in [3.05, 3.63) is 246 Å². The quantitative estimate of drug-likeness (QED) is 0.165. The molecule has 2 aliphatic carbocycles. The summed E-state index contributed by atoms with van der Waals surface area (Å²) in [5.41, 5.74) is 15.7. The summed E-state index contributed by atoms with van der Waals surface area (Å²) in [4.78, 5) is 10.5. The van der Waals surface area contributed by atoms with Gasteiger partial charge in [0.2, 0.25) is 0 Å². The van der Waals surface area contributed by atoms with E-state index in [0.29, 0.717) is 11.7 Å². The molecule has 1 atom stereocenters. The van der Waals surface area contributed by atoms with E-state index in [2.05, 4.69) is 206 Å². The first kappa shape index (κ1) is 32.7. The van der Waals surface area contributed by atoms with Crippen LogP contribution >= 0.6 is 0 Å². The molecule has 0 amide bonds. The standard InChI is InChI=1S/C53H38N2/c1-6-18-37(19-7-1)38-30-32-39(33-31-38)45-35-49-46(44-28-16-17-29-48(44)53(49,42-24-12-4-13-25-42)43-26-14-5-15-27-43)34-47(45)51-36-50(40-20-8-2-9-21-40)54-52(55-51)41-22-10-3-11-23-41/h1-30,32-36,38H,31H2. The summed E-state index contributed by atoms with van der Waals surface area (Å²) in [6, 6.07) is 69.7. The topological polar surface area (TPSA) is 25.8 Å². The summed E-state index contributed by atoms with van der Waals surface area (Å²) < 4.78 is 0. The van der Waals surface area contributed by atoms with Gasteiger partial charge in [-0.1, -0.05) is 194 Å². The molecule has 0 saturated heterocycles. The zero-order valence-electron chi connectivity index (χ0n) is 30.4. The number of benzene rings is 7. The minimum Gasteiger partial charge on any atom is -0.228 e. The van der Waals surface area contributed by atoms with E-state index in [4.69, 9.17) is 9.97 Å². The van der Waals surface area contributed by atoms with E-state index < -0.39 is 5.41 Å². The molecular formula is C53H38N2. The van der Waals surface area contributed by atoms with E-state index in [-0.39, 0.29) is 0 Å². The van der Waals surface area contributed by atoms with Gasteiger partial charge in [0.25, 0.3) is 0 Å². The first-order valence-electron chi connectivity index (χ1n) is 19.1. The fourth-order valence-corrected chi connectivity index (χ4v) is 8.76. The molecule has 0 aliphatic heterocycles. The van der Waals surface area contributed by atoms with Gasteiger partial charge in [-0.2, -0.15) is 0 Å². The van der Waals surface area contributed by atoms with Crippen molar-refractivity contribution in [3.8, 4) is 45.0 Å². The fraction of sp³-hybridized carbons (Fsp3) is 0.0566. The van der Waals surface area contributed by atoms with Gasteiger partial charge >= 0.3 is 0 Å². The van der Waals surface area contributed by atoms with Crippen molar-refractivity contribution in [2.45, 2.75) is 17.8 Å². The number of aromatic nitrogens is 2. The highest BCUT2D eigenvalue weighted by atomic mass is 14.9. The Labute approximate surface area is 322 Å². The Bertz CT molecular complexity index is 2600. The zero-order chi connectivity index (χ0) is 36.6. The molecule has 1 unspecified atom stereocenters. The van der Waals surface area contributed by atoms with Crippen molar-refractivity contribution in [1.29, 1.82) is 0 Å². The van der Waals surface area contributed by atoms with Crippen LogP contribution in [0.25, 0.3) is 50.6 Å². The third-order valence-electron chi connectivity index (χ3n) is 11.3. The van der Waals surface area contributed by atoms with Gasteiger partial charge in [0.15, 0.2) is 5.82 Å². The lowest BCUT2D eigenvalue weighted by Gasteiger charge is -2.34. The highest BCUT2D eigenvalue weighted by Crippen LogP contribution is 2.57. The Balaban J connectivity index is 1.27. The van der Waals surface area contributed by atoms with Gasteiger partial charge in [0, 0.05) is 22.6 Å². The lowest BCUT2D eigenvalue weighted by molar-refractivity contribution is 0.768. The van der Waals surface area contributed by atoms with Gasteiger partial charge in [0.05, 0.1) is 16.8 Å². The molecule has 2 aliphatic rings. The summed E-state index contributed by atoms with van der Waals surface area (Å²) in [6.07, 6.45) is 8.06. The van der Waals surface area contributed by atoms with E-state index in [9.17, 15) is 0 Å². The normalized spacial score (nSPS) is 15.2. The molecule has 8 aromatic rings. The number of rotatable bonds is 7. The molecule has 260 valence electrons. The average molecular weight is 703 g/mol. The Morgan fingerprint density at radius 2 is 1.00 bits per heavy atom. The maximum Gasteiger partial charge on any atom is 0.160 e. The number of hydrogen-bond acceptors (Lipinski definition) is 2. The van der Waals surface area contributed by atoms with E-state index >= 15 is 0 Å². The molecule has 7 aromatic carbocycles. The third kappa shape index (κ3) is 5.66. The van der Waals surface area contributed by atoms with Gasteiger partial charge < -0.3 is 0 Å². The summed E-state index contributed by atoms with van der Waals surface area (Å²) in [6.45, 7) is 0. The van der Waals surface area contributed by atoms with E-state index in [0.717, 1.165) is 34.5 Å². The Morgan fingerprint density at radius 3 is 1.64 bits per heavy atom. The predicted octanol–water partition coefficient (Wildman–Crippen LogP) is 13.0. The number of fused-ring (bicyclic) bond motifs is 3. The summed E-state index contributed by atoms with van der Waals surface area (Å²) in [7, 11) is 0. The van der Waals surface area contributed by atoms with Crippen LogP contribution in [0.1, 0.15) is 45.7 Å². The maximum atomic E-state index is 5.39. The molecule has 0 radical (unpaired) electrons. The van der Waals surface area contributed by atoms with Crippen LogP contribution in [0.5, 0.6) is 0 Å². The molecule has 0 spiro atoms. The number of nitrogens with zero attached hydrogens (tertiary/aromatic N) is 2. The second-order valence-electron chi connectivity index (χ2n) is 14.4. The molecule has 0 saturated carbocycles. The molecular weight excluding hydrogens is 665 g/mol. The van der Waals surface area contributed by atoms with E-state index in [1.807, 2.05) is 6.07 Å². The molecule has 2 heteroatoms. The van der Waals surface area contributed by atoms with Gasteiger partial charge in [-0.3, -0.25) is 0 Å². The smallest absolute Gasteiger partial charge is 0.160 e. The Kier molecular flexibility index (Phi) is 8.22. The number of hydrogen-bond donors (Lipinski definition) is 0. The van der Waals surface area contributed by atoms with Gasteiger partial charge in [0.1, 0.15) is 0 Å². The van der Waals surface area contributed by atoms with E-state index in [1.165, 1.54) is 50.1 Å². The van der Waals surface area contributed by atoms with Crippen LogP contribution in [-0.2, 0) is 5.41 Å². The predicted molar refractivity (Wildman–Crippen MR) is 227 cm³/mol. The molecule has 0 bridgehead atoms. The average Bonchev–Trinajstić information content (AvgIpc) is 3.57. The summed E-state index contributed by atoms with van der Waals surface area (Å²) >= 11 is 0. The first-order chi connectivity index (χ1) is 27.3. The van der Waals surface area contributed by atoms with Gasteiger partial charge in [-0.25, -0.2) is 9.97 Å². The van der Waals surface area contributed by atoms with Crippen LogP contribution in [-0.4, -0.2) is 9.97 Å². The van der Waals surface area contributed by atoms with Crippen molar-refractivity contribution < 1.29 is 0 Å². The lowest BCUT2D eigenvalue weighted by Crippen LogP contribution is -2.28. The zero-order valence-corrected chi connectivity index (χ0v) is 30.4. The van der Waals surface area contributed by atoms with Gasteiger partial charge in [-0.15, -0.1) is 0 Å². The van der Waals surface area contributed by atoms with Crippen LogP contribution in [0.2, 0.25) is 0 Å². The largest absolute Gasteiger partial charge is 0.228 e. The monoisotopic (exact) mass is 702 g/mol. The van der Waals surface area contributed by atoms with Crippen LogP contribution in [0.4, 0.5) is 0 Å². The Morgan fingerprint density at radius 1 is 0.436 bits per heavy atom. The van der Waals surface area contributed by atoms with E-state index in [1.54, 1.807) is 0 Å². The molecule has 0 N–H and O–H groups in total. The molecule has 10 rings (SSSR count). The fourth-order valence-electron chi connectivity index (χ4n) is 8.76. The molecule has 1 aromatic heterocycles. The minimum atomic E-state index is -0.511. The molecule has 2 nitrogen and oxygen atoms in total. The maximum absolute atomic E-state index is 5.39. The lowest BCUT2D eigenvalue weighted by atomic mass is 9.67. The van der Waals surface area contributed by atoms with Crippen LogP contribution in [0.15, 0.2) is 212 Å². The first-order valence-corrected chi connectivity index (χ1v) is 19.1. The minimum absolute atomic E-state index is 0.327. The van der Waals surface area contributed by atoms with Crippen molar-refractivity contribution in [2.24, 2.45) is 0 Å².